The Balaban J connectivity index is 1.82. The first-order chi connectivity index (χ1) is 7.74. The molecule has 1 fully saturated rings. The Labute approximate surface area is 96.8 Å². The zero-order chi connectivity index (χ0) is 11.4. The van der Waals surface area contributed by atoms with Crippen molar-refractivity contribution >= 4 is 0 Å². The van der Waals surface area contributed by atoms with E-state index in [0.29, 0.717) is 6.61 Å². The van der Waals surface area contributed by atoms with E-state index in [0.717, 1.165) is 18.8 Å². The summed E-state index contributed by atoms with van der Waals surface area (Å²) in [4.78, 5) is 0. The quantitative estimate of drug-likeness (QED) is 0.843. The maximum absolute atomic E-state index is 5.75. The van der Waals surface area contributed by atoms with Crippen LogP contribution in [0.15, 0.2) is 24.3 Å². The van der Waals surface area contributed by atoms with Gasteiger partial charge in [0.05, 0.1) is 6.10 Å². The third-order valence-corrected chi connectivity index (χ3v) is 2.65. The van der Waals surface area contributed by atoms with Crippen LogP contribution in [0.3, 0.4) is 0 Å². The molecule has 1 aliphatic heterocycles. The molecule has 16 heavy (non-hydrogen) atoms. The molecule has 2 unspecified atom stereocenters. The van der Waals surface area contributed by atoms with Gasteiger partial charge in [0.1, 0.15) is 18.5 Å². The van der Waals surface area contributed by atoms with Crippen LogP contribution in [0.25, 0.3) is 0 Å². The summed E-state index contributed by atoms with van der Waals surface area (Å²) >= 11 is 0. The Morgan fingerprint density at radius 3 is 3.06 bits per heavy atom. The largest absolute Gasteiger partial charge is 0.491 e. The van der Waals surface area contributed by atoms with Crippen LogP contribution in [0.5, 0.6) is 5.75 Å². The minimum absolute atomic E-state index is 0.157. The van der Waals surface area contributed by atoms with Gasteiger partial charge in [-0.05, 0) is 31.5 Å². The highest BCUT2D eigenvalue weighted by Gasteiger charge is 2.18. The molecule has 0 aromatic heterocycles. The van der Waals surface area contributed by atoms with Crippen molar-refractivity contribution in [1.29, 1.82) is 0 Å². The lowest BCUT2D eigenvalue weighted by molar-refractivity contribution is -0.0470. The van der Waals surface area contributed by atoms with Gasteiger partial charge < -0.3 is 14.8 Å². The first kappa shape index (κ1) is 11.4. The van der Waals surface area contributed by atoms with Gasteiger partial charge in [0.25, 0.3) is 0 Å². The van der Waals surface area contributed by atoms with Gasteiger partial charge in [0.2, 0.25) is 0 Å². The standard InChI is InChI=1S/C13H19NO2/c1-10-4-3-5-12(6-10)15-9-13-8-14-7-11(2)16-13/h3-6,11,13-14H,7-9H2,1-2H3. The second kappa shape index (κ2) is 5.32. The average molecular weight is 221 g/mol. The maximum Gasteiger partial charge on any atom is 0.119 e. The third kappa shape index (κ3) is 3.22. The average Bonchev–Trinajstić information content (AvgIpc) is 2.27. The summed E-state index contributed by atoms with van der Waals surface area (Å²) in [6.45, 7) is 6.55. The lowest BCUT2D eigenvalue weighted by Gasteiger charge is -2.28. The summed E-state index contributed by atoms with van der Waals surface area (Å²) in [5.41, 5.74) is 1.22. The van der Waals surface area contributed by atoms with E-state index in [9.17, 15) is 0 Å². The summed E-state index contributed by atoms with van der Waals surface area (Å²) in [6.07, 6.45) is 0.434. The first-order valence-corrected chi connectivity index (χ1v) is 5.79. The highest BCUT2D eigenvalue weighted by molar-refractivity contribution is 5.27. The number of nitrogens with one attached hydrogen (secondary N) is 1. The van der Waals surface area contributed by atoms with Gasteiger partial charge in [-0.2, -0.15) is 0 Å². The van der Waals surface area contributed by atoms with Crippen LogP contribution in [0.2, 0.25) is 0 Å². The van der Waals surface area contributed by atoms with E-state index in [1.54, 1.807) is 0 Å². The van der Waals surface area contributed by atoms with Gasteiger partial charge in [-0.15, -0.1) is 0 Å². The van der Waals surface area contributed by atoms with Gasteiger partial charge in [-0.25, -0.2) is 0 Å². The van der Waals surface area contributed by atoms with E-state index in [2.05, 4.69) is 25.2 Å². The lowest BCUT2D eigenvalue weighted by Crippen LogP contribution is -2.45. The highest BCUT2D eigenvalue weighted by atomic mass is 16.5. The minimum atomic E-state index is 0.157. The minimum Gasteiger partial charge on any atom is -0.491 e. The van der Waals surface area contributed by atoms with Gasteiger partial charge in [0, 0.05) is 13.1 Å². The molecular formula is C13H19NO2. The lowest BCUT2D eigenvalue weighted by atomic mass is 10.2. The van der Waals surface area contributed by atoms with E-state index in [1.807, 2.05) is 18.2 Å². The molecule has 0 bridgehead atoms. The van der Waals surface area contributed by atoms with E-state index >= 15 is 0 Å². The molecule has 3 heteroatoms. The van der Waals surface area contributed by atoms with Crippen molar-refractivity contribution in [3.63, 3.8) is 0 Å². The molecule has 1 N–H and O–H groups in total. The van der Waals surface area contributed by atoms with Crippen LogP contribution in [-0.2, 0) is 4.74 Å². The van der Waals surface area contributed by atoms with Crippen LogP contribution in [0.4, 0.5) is 0 Å². The fourth-order valence-electron chi connectivity index (χ4n) is 1.86. The molecule has 1 saturated heterocycles. The van der Waals surface area contributed by atoms with Gasteiger partial charge >= 0.3 is 0 Å². The topological polar surface area (TPSA) is 30.5 Å². The molecule has 1 aromatic carbocycles. The number of benzene rings is 1. The Bertz CT molecular complexity index is 340. The molecule has 0 aliphatic carbocycles. The van der Waals surface area contributed by atoms with Crippen molar-refractivity contribution in [3.8, 4) is 5.75 Å². The Morgan fingerprint density at radius 1 is 1.44 bits per heavy atom. The van der Waals surface area contributed by atoms with Crippen LogP contribution in [0.1, 0.15) is 12.5 Å². The molecule has 1 heterocycles. The summed E-state index contributed by atoms with van der Waals surface area (Å²) in [7, 11) is 0. The molecule has 0 radical (unpaired) electrons. The fourth-order valence-corrected chi connectivity index (χ4v) is 1.86. The SMILES string of the molecule is Cc1cccc(OCC2CNCC(C)O2)c1. The Morgan fingerprint density at radius 2 is 2.31 bits per heavy atom. The van der Waals surface area contributed by atoms with Crippen molar-refractivity contribution in [2.45, 2.75) is 26.1 Å². The monoisotopic (exact) mass is 221 g/mol. The second-order valence-corrected chi connectivity index (χ2v) is 4.35. The molecule has 1 aliphatic rings. The number of ether oxygens (including phenoxy) is 2. The zero-order valence-corrected chi connectivity index (χ0v) is 9.90. The molecule has 1 aromatic rings. The molecular weight excluding hydrogens is 202 g/mol. The van der Waals surface area contributed by atoms with Crippen molar-refractivity contribution in [2.24, 2.45) is 0 Å². The van der Waals surface area contributed by atoms with E-state index in [1.165, 1.54) is 5.56 Å². The third-order valence-electron chi connectivity index (χ3n) is 2.65. The summed E-state index contributed by atoms with van der Waals surface area (Å²) < 4.78 is 11.5. The number of rotatable bonds is 3. The molecule has 0 saturated carbocycles. The van der Waals surface area contributed by atoms with Crippen molar-refractivity contribution < 1.29 is 9.47 Å². The molecule has 3 nitrogen and oxygen atoms in total. The normalized spacial score (nSPS) is 25.4. The second-order valence-electron chi connectivity index (χ2n) is 4.35. The van der Waals surface area contributed by atoms with E-state index in [4.69, 9.17) is 9.47 Å². The molecule has 2 rings (SSSR count). The van der Waals surface area contributed by atoms with Crippen molar-refractivity contribution in [1.82, 2.24) is 5.32 Å². The zero-order valence-electron chi connectivity index (χ0n) is 9.90. The fraction of sp³-hybridized carbons (Fsp3) is 0.538. The molecule has 0 spiro atoms. The van der Waals surface area contributed by atoms with Crippen LogP contribution < -0.4 is 10.1 Å². The highest BCUT2D eigenvalue weighted by Crippen LogP contribution is 2.13. The Kier molecular flexibility index (Phi) is 3.80. The molecule has 0 amide bonds. The molecule has 2 atom stereocenters. The number of hydrogen-bond acceptors (Lipinski definition) is 3. The number of hydrogen-bond donors (Lipinski definition) is 1. The van der Waals surface area contributed by atoms with Crippen LogP contribution in [-0.4, -0.2) is 31.9 Å². The van der Waals surface area contributed by atoms with Gasteiger partial charge in [-0.1, -0.05) is 12.1 Å². The number of morpholine rings is 1. The Hall–Kier alpha value is -1.06. The van der Waals surface area contributed by atoms with E-state index in [-0.39, 0.29) is 12.2 Å². The smallest absolute Gasteiger partial charge is 0.119 e. The van der Waals surface area contributed by atoms with E-state index < -0.39 is 0 Å². The summed E-state index contributed by atoms with van der Waals surface area (Å²) in [5, 5.41) is 3.33. The molecule has 88 valence electrons. The van der Waals surface area contributed by atoms with Crippen molar-refractivity contribution in [2.75, 3.05) is 19.7 Å². The predicted octanol–water partition coefficient (Wildman–Crippen LogP) is 1.75. The van der Waals surface area contributed by atoms with Gasteiger partial charge in [0.15, 0.2) is 0 Å². The maximum atomic E-state index is 5.75. The summed E-state index contributed by atoms with van der Waals surface area (Å²) in [5.74, 6) is 0.918. The number of aryl methyl sites for hydroxylation is 1. The van der Waals surface area contributed by atoms with Crippen LogP contribution in [0, 0.1) is 6.92 Å². The summed E-state index contributed by atoms with van der Waals surface area (Å²) in [6, 6.07) is 8.09. The van der Waals surface area contributed by atoms with Crippen LogP contribution >= 0.6 is 0 Å². The van der Waals surface area contributed by atoms with Crippen molar-refractivity contribution in [3.05, 3.63) is 29.8 Å². The predicted molar refractivity (Wildman–Crippen MR) is 63.9 cm³/mol. The first-order valence-electron chi connectivity index (χ1n) is 5.79. The van der Waals surface area contributed by atoms with Gasteiger partial charge in [-0.3, -0.25) is 0 Å².